The molecule has 2 aromatic heterocycles. The first kappa shape index (κ1) is 13.5. The summed E-state index contributed by atoms with van der Waals surface area (Å²) in [6, 6.07) is 7.14. The number of rotatable bonds is 4. The monoisotopic (exact) mass is 283 g/mol. The summed E-state index contributed by atoms with van der Waals surface area (Å²) >= 11 is 0. The Bertz CT molecular complexity index is 718. The Morgan fingerprint density at radius 2 is 2.05 bits per heavy atom. The Morgan fingerprint density at radius 3 is 2.67 bits per heavy atom. The van der Waals surface area contributed by atoms with Gasteiger partial charge in [-0.3, -0.25) is 14.6 Å². The van der Waals surface area contributed by atoms with Gasteiger partial charge < -0.3 is 10.3 Å². The van der Waals surface area contributed by atoms with E-state index in [0.717, 1.165) is 18.4 Å². The number of aryl methyl sites for hydroxylation is 1. The van der Waals surface area contributed by atoms with E-state index in [4.69, 9.17) is 0 Å². The average molecular weight is 283 g/mol. The minimum absolute atomic E-state index is 0.0305. The molecule has 0 atom stereocenters. The molecule has 2 heterocycles. The van der Waals surface area contributed by atoms with E-state index >= 15 is 0 Å². The standard InChI is InChI=1S/C16H17N3O2/c1-11-8-13(19-14(20)9-11)15(21)18-10-16(4-5-16)12-2-6-17-7-3-12/h2-3,6-9H,4-5,10H2,1H3,(H,18,21)(H,19,20). The Kier molecular flexibility index (Phi) is 3.33. The first-order valence-corrected chi connectivity index (χ1v) is 6.99. The highest BCUT2D eigenvalue weighted by molar-refractivity contribution is 5.92. The fraction of sp³-hybridized carbons (Fsp3) is 0.312. The van der Waals surface area contributed by atoms with Crippen molar-refractivity contribution < 1.29 is 4.79 Å². The lowest BCUT2D eigenvalue weighted by atomic mass is 9.97. The van der Waals surface area contributed by atoms with E-state index in [-0.39, 0.29) is 16.9 Å². The van der Waals surface area contributed by atoms with E-state index in [2.05, 4.69) is 15.3 Å². The van der Waals surface area contributed by atoms with Gasteiger partial charge in [-0.1, -0.05) is 0 Å². The molecule has 3 rings (SSSR count). The SMILES string of the molecule is Cc1cc(C(=O)NCC2(c3ccncc3)CC2)[nH]c(=O)c1. The fourth-order valence-corrected chi connectivity index (χ4v) is 2.57. The molecule has 0 radical (unpaired) electrons. The summed E-state index contributed by atoms with van der Waals surface area (Å²) in [4.78, 5) is 30.2. The van der Waals surface area contributed by atoms with Crippen LogP contribution in [0.15, 0.2) is 41.5 Å². The molecule has 0 spiro atoms. The molecule has 1 fully saturated rings. The molecule has 0 bridgehead atoms. The predicted octanol–water partition coefficient (Wildman–Crippen LogP) is 1.54. The van der Waals surface area contributed by atoms with Gasteiger partial charge in [-0.15, -0.1) is 0 Å². The van der Waals surface area contributed by atoms with Crippen molar-refractivity contribution in [3.05, 3.63) is 63.8 Å². The minimum Gasteiger partial charge on any atom is -0.350 e. The van der Waals surface area contributed by atoms with Crippen LogP contribution in [-0.2, 0) is 5.41 Å². The van der Waals surface area contributed by atoms with Crippen LogP contribution in [0, 0.1) is 6.92 Å². The molecule has 5 heteroatoms. The lowest BCUT2D eigenvalue weighted by Gasteiger charge is -2.16. The van der Waals surface area contributed by atoms with Crippen LogP contribution in [-0.4, -0.2) is 22.4 Å². The lowest BCUT2D eigenvalue weighted by molar-refractivity contribution is 0.0944. The van der Waals surface area contributed by atoms with E-state index in [9.17, 15) is 9.59 Å². The molecular formula is C16H17N3O2. The van der Waals surface area contributed by atoms with Gasteiger partial charge in [0.25, 0.3) is 5.91 Å². The van der Waals surface area contributed by atoms with E-state index in [1.165, 1.54) is 11.6 Å². The van der Waals surface area contributed by atoms with Crippen LogP contribution in [0.1, 0.15) is 34.5 Å². The number of aromatic nitrogens is 2. The number of pyridine rings is 2. The molecule has 1 saturated carbocycles. The Balaban J connectivity index is 1.70. The van der Waals surface area contributed by atoms with Crippen molar-refractivity contribution in [1.29, 1.82) is 0 Å². The molecule has 1 aliphatic carbocycles. The summed E-state index contributed by atoms with van der Waals surface area (Å²) < 4.78 is 0. The second-order valence-corrected chi connectivity index (χ2v) is 5.63. The molecule has 0 unspecified atom stereocenters. The zero-order chi connectivity index (χ0) is 14.9. The van der Waals surface area contributed by atoms with E-state index in [1.807, 2.05) is 12.1 Å². The summed E-state index contributed by atoms with van der Waals surface area (Å²) in [5.74, 6) is -0.240. The normalized spacial score (nSPS) is 15.5. The highest BCUT2D eigenvalue weighted by Gasteiger charge is 2.44. The summed E-state index contributed by atoms with van der Waals surface area (Å²) in [5.41, 5.74) is 2.07. The van der Waals surface area contributed by atoms with Crippen molar-refractivity contribution in [1.82, 2.24) is 15.3 Å². The zero-order valence-corrected chi connectivity index (χ0v) is 11.8. The van der Waals surface area contributed by atoms with Crippen LogP contribution in [0.3, 0.4) is 0 Å². The Morgan fingerprint density at radius 1 is 1.33 bits per heavy atom. The van der Waals surface area contributed by atoms with Gasteiger partial charge in [-0.05, 0) is 49.1 Å². The molecule has 5 nitrogen and oxygen atoms in total. The highest BCUT2D eigenvalue weighted by atomic mass is 16.2. The average Bonchev–Trinajstić information content (AvgIpc) is 3.26. The van der Waals surface area contributed by atoms with Gasteiger partial charge in [0.15, 0.2) is 0 Å². The number of carbonyl (C=O) groups is 1. The first-order chi connectivity index (χ1) is 10.1. The largest absolute Gasteiger partial charge is 0.350 e. The van der Waals surface area contributed by atoms with Crippen molar-refractivity contribution in [2.45, 2.75) is 25.2 Å². The maximum absolute atomic E-state index is 12.2. The fourth-order valence-electron chi connectivity index (χ4n) is 2.57. The number of carbonyl (C=O) groups excluding carboxylic acids is 1. The van der Waals surface area contributed by atoms with E-state index in [1.54, 1.807) is 25.4 Å². The minimum atomic E-state index is -0.254. The van der Waals surface area contributed by atoms with Crippen molar-refractivity contribution in [3.63, 3.8) is 0 Å². The quantitative estimate of drug-likeness (QED) is 0.893. The third-order valence-corrected chi connectivity index (χ3v) is 3.97. The zero-order valence-electron chi connectivity index (χ0n) is 11.8. The maximum Gasteiger partial charge on any atom is 0.267 e. The molecule has 0 saturated heterocycles. The molecule has 2 N–H and O–H groups in total. The van der Waals surface area contributed by atoms with Gasteiger partial charge in [0.2, 0.25) is 5.56 Å². The molecule has 0 aromatic carbocycles. The second-order valence-electron chi connectivity index (χ2n) is 5.63. The van der Waals surface area contributed by atoms with Crippen LogP contribution in [0.5, 0.6) is 0 Å². The summed E-state index contributed by atoms with van der Waals surface area (Å²) in [6.07, 6.45) is 5.66. The molecule has 1 amide bonds. The van der Waals surface area contributed by atoms with Crippen molar-refractivity contribution in [2.75, 3.05) is 6.54 Å². The van der Waals surface area contributed by atoms with Crippen molar-refractivity contribution in [2.24, 2.45) is 0 Å². The number of hydrogen-bond donors (Lipinski definition) is 2. The van der Waals surface area contributed by atoms with Crippen LogP contribution in [0.4, 0.5) is 0 Å². The number of nitrogens with one attached hydrogen (secondary N) is 2. The maximum atomic E-state index is 12.2. The first-order valence-electron chi connectivity index (χ1n) is 6.99. The molecule has 2 aromatic rings. The van der Waals surface area contributed by atoms with Gasteiger partial charge in [0, 0.05) is 30.4 Å². The number of aromatic amines is 1. The van der Waals surface area contributed by atoms with Gasteiger partial charge >= 0.3 is 0 Å². The second kappa shape index (κ2) is 5.16. The summed E-state index contributed by atoms with van der Waals surface area (Å²) in [7, 11) is 0. The number of nitrogens with zero attached hydrogens (tertiary/aromatic N) is 1. The number of H-pyrrole nitrogens is 1. The van der Waals surface area contributed by atoms with Gasteiger partial charge in [0.05, 0.1) is 0 Å². The summed E-state index contributed by atoms with van der Waals surface area (Å²) in [6.45, 7) is 2.37. The number of hydrogen-bond acceptors (Lipinski definition) is 3. The summed E-state index contributed by atoms with van der Waals surface area (Å²) in [5, 5.41) is 2.93. The number of amides is 1. The van der Waals surface area contributed by atoms with Crippen LogP contribution >= 0.6 is 0 Å². The Hall–Kier alpha value is -2.43. The molecular weight excluding hydrogens is 266 g/mol. The van der Waals surface area contributed by atoms with Crippen LogP contribution < -0.4 is 10.9 Å². The molecule has 108 valence electrons. The highest BCUT2D eigenvalue weighted by Crippen LogP contribution is 2.47. The molecule has 0 aliphatic heterocycles. The van der Waals surface area contributed by atoms with Gasteiger partial charge in [0.1, 0.15) is 5.69 Å². The van der Waals surface area contributed by atoms with Gasteiger partial charge in [-0.25, -0.2) is 0 Å². The molecule has 1 aliphatic rings. The lowest BCUT2D eigenvalue weighted by Crippen LogP contribution is -2.33. The van der Waals surface area contributed by atoms with Crippen molar-refractivity contribution in [3.8, 4) is 0 Å². The van der Waals surface area contributed by atoms with E-state index in [0.29, 0.717) is 12.2 Å². The van der Waals surface area contributed by atoms with Gasteiger partial charge in [-0.2, -0.15) is 0 Å². The van der Waals surface area contributed by atoms with Crippen LogP contribution in [0.2, 0.25) is 0 Å². The van der Waals surface area contributed by atoms with E-state index < -0.39 is 0 Å². The predicted molar refractivity (Wildman–Crippen MR) is 79.3 cm³/mol. The topological polar surface area (TPSA) is 74.8 Å². The van der Waals surface area contributed by atoms with Crippen molar-refractivity contribution >= 4 is 5.91 Å². The smallest absolute Gasteiger partial charge is 0.267 e. The third-order valence-electron chi connectivity index (χ3n) is 3.97. The third kappa shape index (κ3) is 2.86. The Labute approximate surface area is 122 Å². The van der Waals surface area contributed by atoms with Crippen LogP contribution in [0.25, 0.3) is 0 Å². The molecule has 21 heavy (non-hydrogen) atoms.